The van der Waals surface area contributed by atoms with Crippen molar-refractivity contribution in [1.82, 2.24) is 0 Å². The Morgan fingerprint density at radius 3 is 2.55 bits per heavy atom. The van der Waals surface area contributed by atoms with Crippen molar-refractivity contribution in [3.05, 3.63) is 23.8 Å². The maximum absolute atomic E-state index is 13.1. The predicted octanol–water partition coefficient (Wildman–Crippen LogP) is 0.532. The minimum Gasteiger partial charge on any atom is -0.381 e. The van der Waals surface area contributed by atoms with Crippen LogP contribution in [0.2, 0.25) is 0 Å². The van der Waals surface area contributed by atoms with Crippen LogP contribution in [0.5, 0.6) is 0 Å². The second-order valence-electron chi connectivity index (χ2n) is 10.3. The molecule has 0 amide bonds. The first-order chi connectivity index (χ1) is 14.6. The molecule has 0 bridgehead atoms. The number of alkyl halides is 2. The van der Waals surface area contributed by atoms with E-state index in [0.29, 0.717) is 19.3 Å². The number of allylic oxidation sites excluding steroid dienone is 4. The molecule has 33 heavy (non-hydrogen) atoms. The normalized spacial score (nSPS) is 46.5. The predicted molar refractivity (Wildman–Crippen MR) is 119 cm³/mol. The Morgan fingerprint density at radius 1 is 1.30 bits per heavy atom. The van der Waals surface area contributed by atoms with Crippen LogP contribution < -0.4 is 29.6 Å². The third kappa shape index (κ3) is 3.85. The number of carbonyl (C=O) groups excluding carboxylic acids is 2. The van der Waals surface area contributed by atoms with Crippen LogP contribution in [0.1, 0.15) is 46.5 Å². The summed E-state index contributed by atoms with van der Waals surface area (Å²) in [5, 5.41) is 11.1. The number of aliphatic hydroxyl groups is 1. The Hall–Kier alpha value is 0.470. The first-order valence-electron chi connectivity index (χ1n) is 10.8. The number of ketones is 2. The summed E-state index contributed by atoms with van der Waals surface area (Å²) in [6.45, 7) is 4.72. The van der Waals surface area contributed by atoms with Gasteiger partial charge in [-0.25, -0.2) is 4.57 Å². The largest absolute Gasteiger partial charge is 1.00 e. The van der Waals surface area contributed by atoms with Crippen LogP contribution in [0, 0.1) is 28.6 Å². The first-order valence-corrected chi connectivity index (χ1v) is 13.2. The summed E-state index contributed by atoms with van der Waals surface area (Å²) in [6, 6.07) is 0. The van der Waals surface area contributed by atoms with Gasteiger partial charge in [0.25, 0.3) is 0 Å². The smallest absolute Gasteiger partial charge is 0.381 e. The molecule has 4 aliphatic rings. The van der Waals surface area contributed by atoms with Gasteiger partial charge in [-0.15, -0.1) is 23.2 Å². The second-order valence-corrected chi connectivity index (χ2v) is 12.7. The molecule has 0 aromatic rings. The van der Waals surface area contributed by atoms with Crippen molar-refractivity contribution < 1.29 is 63.1 Å². The second kappa shape index (κ2) is 8.79. The molecule has 3 saturated carbocycles. The van der Waals surface area contributed by atoms with E-state index in [0.717, 1.165) is 5.57 Å². The van der Waals surface area contributed by atoms with E-state index in [1.54, 1.807) is 13.0 Å². The molecule has 4 rings (SSSR count). The van der Waals surface area contributed by atoms with Crippen LogP contribution in [0.3, 0.4) is 0 Å². The Bertz CT molecular complexity index is 982. The molecule has 8 atom stereocenters. The van der Waals surface area contributed by atoms with Crippen molar-refractivity contribution in [3.63, 3.8) is 0 Å². The fraction of sp³-hybridized carbons (Fsp3) is 0.727. The quantitative estimate of drug-likeness (QED) is 0.276. The number of carbonyl (C=O) groups is 2. The summed E-state index contributed by atoms with van der Waals surface area (Å²) < 4.78 is 15.6. The van der Waals surface area contributed by atoms with Crippen molar-refractivity contribution in [1.29, 1.82) is 0 Å². The van der Waals surface area contributed by atoms with Crippen LogP contribution in [0.4, 0.5) is 0 Å². The van der Waals surface area contributed by atoms with Gasteiger partial charge in [-0.05, 0) is 55.6 Å². The fourth-order valence-electron chi connectivity index (χ4n) is 7.33. The summed E-state index contributed by atoms with van der Waals surface area (Å²) in [5.41, 5.74) is -2.47. The molecule has 0 radical (unpaired) electrons. The Morgan fingerprint density at radius 2 is 1.94 bits per heavy atom. The average Bonchev–Trinajstić information content (AvgIpc) is 2.89. The van der Waals surface area contributed by atoms with E-state index >= 15 is 0 Å². The Labute approximate surface area is 225 Å². The monoisotopic (exact) mass is 529 g/mol. The zero-order valence-electron chi connectivity index (χ0n) is 19.3. The number of phosphoric ester groups is 1. The third-order valence-corrected chi connectivity index (χ3v) is 11.0. The third-order valence-electron chi connectivity index (χ3n) is 8.97. The van der Waals surface area contributed by atoms with Gasteiger partial charge in [-0.1, -0.05) is 32.4 Å². The van der Waals surface area contributed by atoms with Gasteiger partial charge >= 0.3 is 37.4 Å². The number of hydrogen-bond acceptors (Lipinski definition) is 5. The number of fused-ring (bicyclic) bond motifs is 5. The fourth-order valence-corrected chi connectivity index (χ4v) is 8.85. The van der Waals surface area contributed by atoms with E-state index in [2.05, 4.69) is 4.52 Å². The van der Waals surface area contributed by atoms with Crippen molar-refractivity contribution in [3.8, 4) is 0 Å². The molecule has 7 nitrogen and oxygen atoms in total. The standard InChI is InChI=1S/C22H29Cl2O7P.Na/c1-12-8-16-15-5-4-13-9-14(25)6-7-19(13,2)21(15,24)17(23)10-20(16,3)22(12,27)18(26)11-31-32(28,29)30;/h6-7,9,12,15-17,27H,4-5,8,10-11H2,1-3H3,(H2,28,29,30);/q;+1/t12-,15+,16+,17+,19+,20+,21+,22+;/m1./s1. The Balaban J connectivity index is 0.00000306. The number of Topliss-reactive ketones (excluding diaryl/α,β-unsaturated/α-hetero) is 1. The summed E-state index contributed by atoms with van der Waals surface area (Å²) in [4.78, 5) is 42.2. The molecule has 0 spiro atoms. The molecule has 4 aliphatic carbocycles. The van der Waals surface area contributed by atoms with Gasteiger partial charge in [0.05, 0.1) is 10.3 Å². The van der Waals surface area contributed by atoms with Gasteiger partial charge in [0, 0.05) is 10.8 Å². The molecule has 11 heteroatoms. The molecule has 0 aromatic heterocycles. The van der Waals surface area contributed by atoms with Gasteiger partial charge in [0.1, 0.15) is 12.2 Å². The van der Waals surface area contributed by atoms with E-state index in [4.69, 9.17) is 33.0 Å². The van der Waals surface area contributed by atoms with Crippen molar-refractivity contribution in [2.24, 2.45) is 28.6 Å². The van der Waals surface area contributed by atoms with E-state index in [1.165, 1.54) is 6.08 Å². The molecular weight excluding hydrogens is 501 g/mol. The maximum Gasteiger partial charge on any atom is 1.00 e. The van der Waals surface area contributed by atoms with Crippen molar-refractivity contribution in [2.45, 2.75) is 62.3 Å². The number of phosphoric acid groups is 1. The molecule has 0 aromatic carbocycles. The van der Waals surface area contributed by atoms with Gasteiger partial charge < -0.3 is 14.9 Å². The van der Waals surface area contributed by atoms with Crippen LogP contribution >= 0.6 is 31.0 Å². The summed E-state index contributed by atoms with van der Waals surface area (Å²) in [7, 11) is -4.87. The van der Waals surface area contributed by atoms with Crippen LogP contribution in [0.15, 0.2) is 23.8 Å². The van der Waals surface area contributed by atoms with E-state index in [-0.39, 0.29) is 53.6 Å². The first kappa shape index (κ1) is 28.0. The van der Waals surface area contributed by atoms with Gasteiger partial charge in [0.2, 0.25) is 0 Å². The zero-order valence-corrected chi connectivity index (χ0v) is 23.7. The molecule has 0 aliphatic heterocycles. The van der Waals surface area contributed by atoms with E-state index in [9.17, 15) is 19.3 Å². The van der Waals surface area contributed by atoms with Gasteiger partial charge in [0.15, 0.2) is 11.6 Å². The van der Waals surface area contributed by atoms with Crippen molar-refractivity contribution >= 4 is 42.6 Å². The molecule has 0 unspecified atom stereocenters. The maximum atomic E-state index is 13.1. The number of hydrogen-bond donors (Lipinski definition) is 3. The van der Waals surface area contributed by atoms with E-state index < -0.39 is 52.8 Å². The van der Waals surface area contributed by atoms with E-state index in [1.807, 2.05) is 19.9 Å². The molecular formula is C22H29Cl2NaO7P+. The molecule has 178 valence electrons. The summed E-state index contributed by atoms with van der Waals surface area (Å²) in [5.74, 6) is -1.56. The topological polar surface area (TPSA) is 121 Å². The van der Waals surface area contributed by atoms with Crippen LogP contribution in [-0.4, -0.2) is 48.9 Å². The van der Waals surface area contributed by atoms with Gasteiger partial charge in [-0.2, -0.15) is 0 Å². The molecule has 0 saturated heterocycles. The summed E-state index contributed by atoms with van der Waals surface area (Å²) >= 11 is 14.4. The molecule has 0 heterocycles. The van der Waals surface area contributed by atoms with Crippen molar-refractivity contribution in [2.75, 3.05) is 6.61 Å². The summed E-state index contributed by atoms with van der Waals surface area (Å²) in [6.07, 6.45) is 7.14. The number of halogens is 2. The number of rotatable bonds is 4. The van der Waals surface area contributed by atoms with Crippen LogP contribution in [-0.2, 0) is 18.7 Å². The Kier molecular flexibility index (Phi) is 7.47. The SMILES string of the molecule is C[C@@H]1C[C@H]2[C@@H]3CCC4=CC(=O)C=C[C@]4(C)[C@@]3(Cl)[C@@H](Cl)C[C@]2(C)[C@@]1(O)C(=O)COP(=O)(O)O.[Na+]. The minimum absolute atomic E-state index is 0. The average molecular weight is 530 g/mol. The molecule has 3 fully saturated rings. The van der Waals surface area contributed by atoms with Crippen LogP contribution in [0.25, 0.3) is 0 Å². The zero-order chi connectivity index (χ0) is 23.9. The van der Waals surface area contributed by atoms with Gasteiger partial charge in [-0.3, -0.25) is 14.1 Å². The minimum atomic E-state index is -4.87. The molecule has 3 N–H and O–H groups in total.